The monoisotopic (exact) mass is 208 g/mol. The largest absolute Gasteiger partial charge is 0.497 e. The van der Waals surface area contributed by atoms with E-state index in [0.29, 0.717) is 12.3 Å². The molecule has 4 nitrogen and oxygen atoms in total. The van der Waals surface area contributed by atoms with Gasteiger partial charge >= 0.3 is 0 Å². The second-order valence-corrected chi connectivity index (χ2v) is 3.52. The molecule has 1 rings (SSSR count). The number of benzene rings is 1. The summed E-state index contributed by atoms with van der Waals surface area (Å²) in [7, 11) is 5.46. The Hall–Kier alpha value is -1.55. The highest BCUT2D eigenvalue weighted by molar-refractivity contribution is 6.01. The number of ether oxygens (including phenoxy) is 1. The molecule has 1 N–H and O–H groups in total. The molecule has 1 aromatic carbocycles. The molecule has 0 saturated carbocycles. The third-order valence-corrected chi connectivity index (χ3v) is 1.99. The standard InChI is InChI=1S/C11H16N2O2/c1-13(2)8-11(12-14)9-5-4-6-10(7-9)15-3/h4-7,14H,8H2,1-3H3. The molecule has 0 radical (unpaired) electrons. The smallest absolute Gasteiger partial charge is 0.119 e. The van der Waals surface area contributed by atoms with Gasteiger partial charge in [0, 0.05) is 12.1 Å². The van der Waals surface area contributed by atoms with Crippen LogP contribution in [0.5, 0.6) is 5.75 Å². The summed E-state index contributed by atoms with van der Waals surface area (Å²) in [6.07, 6.45) is 0. The Bertz CT molecular complexity index is 348. The van der Waals surface area contributed by atoms with E-state index >= 15 is 0 Å². The molecule has 0 aliphatic carbocycles. The van der Waals surface area contributed by atoms with Crippen molar-refractivity contribution in [1.82, 2.24) is 4.90 Å². The van der Waals surface area contributed by atoms with Crippen LogP contribution < -0.4 is 4.74 Å². The Morgan fingerprint density at radius 3 is 2.73 bits per heavy atom. The maximum atomic E-state index is 8.91. The fourth-order valence-electron chi connectivity index (χ4n) is 1.28. The highest BCUT2D eigenvalue weighted by Crippen LogP contribution is 2.13. The van der Waals surface area contributed by atoms with Crippen LogP contribution >= 0.6 is 0 Å². The van der Waals surface area contributed by atoms with Gasteiger partial charge in [0.15, 0.2) is 0 Å². The summed E-state index contributed by atoms with van der Waals surface area (Å²) in [6, 6.07) is 7.46. The van der Waals surface area contributed by atoms with Crippen LogP contribution in [-0.4, -0.2) is 43.6 Å². The van der Waals surface area contributed by atoms with Crippen LogP contribution in [0.4, 0.5) is 0 Å². The zero-order valence-electron chi connectivity index (χ0n) is 9.27. The predicted molar refractivity (Wildman–Crippen MR) is 59.9 cm³/mol. The van der Waals surface area contributed by atoms with Crippen LogP contribution in [0.25, 0.3) is 0 Å². The quantitative estimate of drug-likeness (QED) is 0.462. The summed E-state index contributed by atoms with van der Waals surface area (Å²) >= 11 is 0. The van der Waals surface area contributed by atoms with Gasteiger partial charge in [-0.3, -0.25) is 0 Å². The van der Waals surface area contributed by atoms with Gasteiger partial charge < -0.3 is 14.8 Å². The van der Waals surface area contributed by atoms with E-state index in [1.807, 2.05) is 43.3 Å². The third kappa shape index (κ3) is 3.25. The molecule has 82 valence electrons. The van der Waals surface area contributed by atoms with E-state index in [0.717, 1.165) is 11.3 Å². The van der Waals surface area contributed by atoms with Gasteiger partial charge in [-0.05, 0) is 26.2 Å². The molecule has 4 heteroatoms. The SMILES string of the molecule is COc1cccc(C(CN(C)C)=NO)c1. The third-order valence-electron chi connectivity index (χ3n) is 1.99. The first-order valence-corrected chi connectivity index (χ1v) is 4.67. The van der Waals surface area contributed by atoms with Crippen LogP contribution in [0.3, 0.4) is 0 Å². The maximum absolute atomic E-state index is 8.91. The van der Waals surface area contributed by atoms with E-state index in [4.69, 9.17) is 9.94 Å². The highest BCUT2D eigenvalue weighted by atomic mass is 16.5. The number of likely N-dealkylation sites (N-methyl/N-ethyl adjacent to an activating group) is 1. The summed E-state index contributed by atoms with van der Waals surface area (Å²) in [5.41, 5.74) is 1.49. The lowest BCUT2D eigenvalue weighted by atomic mass is 10.1. The number of nitrogens with zero attached hydrogens (tertiary/aromatic N) is 2. The Labute approximate surface area is 89.8 Å². The molecule has 0 aromatic heterocycles. The predicted octanol–water partition coefficient (Wildman–Crippen LogP) is 1.44. The first kappa shape index (κ1) is 11.5. The van der Waals surface area contributed by atoms with Gasteiger partial charge in [-0.25, -0.2) is 0 Å². The van der Waals surface area contributed by atoms with Crippen molar-refractivity contribution in [3.8, 4) is 5.75 Å². The lowest BCUT2D eigenvalue weighted by Gasteiger charge is -2.11. The lowest BCUT2D eigenvalue weighted by molar-refractivity contribution is 0.315. The molecular weight excluding hydrogens is 192 g/mol. The lowest BCUT2D eigenvalue weighted by Crippen LogP contribution is -2.22. The fourth-order valence-corrected chi connectivity index (χ4v) is 1.28. The van der Waals surface area contributed by atoms with E-state index in [-0.39, 0.29) is 0 Å². The van der Waals surface area contributed by atoms with Crippen molar-refractivity contribution in [3.63, 3.8) is 0 Å². The summed E-state index contributed by atoms with van der Waals surface area (Å²) in [5, 5.41) is 12.2. The minimum Gasteiger partial charge on any atom is -0.497 e. The molecule has 1 aromatic rings. The van der Waals surface area contributed by atoms with Crippen molar-refractivity contribution in [2.24, 2.45) is 5.16 Å². The van der Waals surface area contributed by atoms with Gasteiger partial charge in [0.25, 0.3) is 0 Å². The molecular formula is C11H16N2O2. The molecule has 0 spiro atoms. The molecule has 0 atom stereocenters. The first-order valence-electron chi connectivity index (χ1n) is 4.67. The van der Waals surface area contributed by atoms with Gasteiger partial charge in [0.05, 0.1) is 7.11 Å². The number of oxime groups is 1. The Balaban J connectivity index is 2.92. The van der Waals surface area contributed by atoms with Crippen LogP contribution in [-0.2, 0) is 0 Å². The summed E-state index contributed by atoms with van der Waals surface area (Å²) in [5.74, 6) is 0.757. The van der Waals surface area contributed by atoms with Gasteiger partial charge in [0.1, 0.15) is 11.5 Å². The average molecular weight is 208 g/mol. The van der Waals surface area contributed by atoms with Crippen molar-refractivity contribution in [3.05, 3.63) is 29.8 Å². The van der Waals surface area contributed by atoms with Gasteiger partial charge in [-0.2, -0.15) is 0 Å². The van der Waals surface area contributed by atoms with E-state index in [1.165, 1.54) is 0 Å². The van der Waals surface area contributed by atoms with Gasteiger partial charge in [-0.1, -0.05) is 17.3 Å². The second-order valence-electron chi connectivity index (χ2n) is 3.52. The molecule has 0 bridgehead atoms. The zero-order chi connectivity index (χ0) is 11.3. The van der Waals surface area contributed by atoms with Gasteiger partial charge in [-0.15, -0.1) is 0 Å². The molecule has 0 saturated heterocycles. The number of hydrogen-bond donors (Lipinski definition) is 1. The van der Waals surface area contributed by atoms with Crippen molar-refractivity contribution in [2.75, 3.05) is 27.7 Å². The summed E-state index contributed by atoms with van der Waals surface area (Å²) < 4.78 is 5.10. The Kier molecular flexibility index (Phi) is 4.12. The number of methoxy groups -OCH3 is 1. The Morgan fingerprint density at radius 1 is 1.47 bits per heavy atom. The van der Waals surface area contributed by atoms with Crippen LogP contribution in [0.1, 0.15) is 5.56 Å². The van der Waals surface area contributed by atoms with Gasteiger partial charge in [0.2, 0.25) is 0 Å². The van der Waals surface area contributed by atoms with E-state index in [2.05, 4.69) is 5.16 Å². The fraction of sp³-hybridized carbons (Fsp3) is 0.364. The van der Waals surface area contributed by atoms with Crippen LogP contribution in [0.2, 0.25) is 0 Å². The number of hydrogen-bond acceptors (Lipinski definition) is 4. The molecule has 15 heavy (non-hydrogen) atoms. The van der Waals surface area contributed by atoms with E-state index in [9.17, 15) is 0 Å². The first-order chi connectivity index (χ1) is 7.17. The summed E-state index contributed by atoms with van der Waals surface area (Å²) in [4.78, 5) is 1.94. The number of rotatable bonds is 4. The minimum atomic E-state index is 0.587. The zero-order valence-corrected chi connectivity index (χ0v) is 9.27. The van der Waals surface area contributed by atoms with Crippen molar-refractivity contribution in [2.45, 2.75) is 0 Å². The van der Waals surface area contributed by atoms with E-state index < -0.39 is 0 Å². The Morgan fingerprint density at radius 2 is 2.20 bits per heavy atom. The molecule has 0 amide bonds. The second kappa shape index (κ2) is 5.36. The maximum Gasteiger partial charge on any atom is 0.119 e. The average Bonchev–Trinajstić information content (AvgIpc) is 2.25. The highest BCUT2D eigenvalue weighted by Gasteiger charge is 2.06. The van der Waals surface area contributed by atoms with Crippen molar-refractivity contribution >= 4 is 5.71 Å². The molecule has 0 aliphatic rings. The topological polar surface area (TPSA) is 45.1 Å². The summed E-state index contributed by atoms with van der Waals surface area (Å²) in [6.45, 7) is 0.587. The van der Waals surface area contributed by atoms with Crippen LogP contribution in [0, 0.1) is 0 Å². The van der Waals surface area contributed by atoms with Crippen molar-refractivity contribution < 1.29 is 9.94 Å². The minimum absolute atomic E-state index is 0.587. The molecule has 0 fully saturated rings. The molecule has 0 unspecified atom stereocenters. The normalized spacial score (nSPS) is 11.9. The van der Waals surface area contributed by atoms with E-state index in [1.54, 1.807) is 7.11 Å². The molecule has 0 heterocycles. The van der Waals surface area contributed by atoms with Crippen molar-refractivity contribution in [1.29, 1.82) is 0 Å². The molecule has 0 aliphatic heterocycles. The van der Waals surface area contributed by atoms with Crippen LogP contribution in [0.15, 0.2) is 29.4 Å².